The molecule has 1 aliphatic heterocycles. The van der Waals surface area contributed by atoms with Crippen LogP contribution in [0.4, 0.5) is 10.1 Å². The fourth-order valence-electron chi connectivity index (χ4n) is 2.64. The molecule has 0 fully saturated rings. The smallest absolute Gasteiger partial charge is 0.262 e. The summed E-state index contributed by atoms with van der Waals surface area (Å²) >= 11 is 8.67. The summed E-state index contributed by atoms with van der Waals surface area (Å²) in [6, 6.07) is 10.0. The Labute approximate surface area is 147 Å². The van der Waals surface area contributed by atoms with Crippen molar-refractivity contribution in [1.29, 1.82) is 5.26 Å². The number of nitriles is 1. The molecule has 116 valence electrons. The second kappa shape index (κ2) is 5.59. The van der Waals surface area contributed by atoms with Crippen LogP contribution in [0.25, 0.3) is 11.1 Å². The minimum Gasteiger partial charge on any atom is -0.460 e. The number of halogens is 2. The average Bonchev–Trinajstić information content (AvgIpc) is 2.47. The Morgan fingerprint density at radius 1 is 1.30 bits per heavy atom. The largest absolute Gasteiger partial charge is 0.460 e. The van der Waals surface area contributed by atoms with Crippen molar-refractivity contribution in [3.05, 3.63) is 51.7 Å². The molecule has 0 radical (unpaired) electrons. The van der Waals surface area contributed by atoms with Crippen LogP contribution in [0.15, 0.2) is 34.8 Å². The van der Waals surface area contributed by atoms with Gasteiger partial charge in [-0.25, -0.2) is 4.39 Å². The van der Waals surface area contributed by atoms with Gasteiger partial charge in [-0.1, -0.05) is 6.07 Å². The summed E-state index contributed by atoms with van der Waals surface area (Å²) in [4.78, 5) is 0. The summed E-state index contributed by atoms with van der Waals surface area (Å²) in [5.41, 5.74) is 2.90. The molecule has 0 bridgehead atoms. The van der Waals surface area contributed by atoms with Gasteiger partial charge in [0.25, 0.3) is 5.17 Å². The molecule has 1 N–H and O–H groups in total. The number of hydrogen-bond acceptors (Lipinski definition) is 3. The van der Waals surface area contributed by atoms with E-state index in [1.54, 1.807) is 6.07 Å². The van der Waals surface area contributed by atoms with E-state index in [0.29, 0.717) is 10.7 Å². The van der Waals surface area contributed by atoms with Gasteiger partial charge >= 0.3 is 0 Å². The average molecular weight is 391 g/mol. The van der Waals surface area contributed by atoms with Crippen LogP contribution in [0.1, 0.15) is 25.0 Å². The van der Waals surface area contributed by atoms with Crippen LogP contribution in [0.2, 0.25) is 0 Å². The molecule has 0 atom stereocenters. The Bertz CT molecular complexity index is 874. The second-order valence-electron chi connectivity index (χ2n) is 5.71. The first-order valence-electron chi connectivity index (χ1n) is 6.86. The van der Waals surface area contributed by atoms with Crippen LogP contribution in [0.3, 0.4) is 0 Å². The van der Waals surface area contributed by atoms with Crippen LogP contribution >= 0.6 is 28.1 Å². The van der Waals surface area contributed by atoms with E-state index in [9.17, 15) is 9.65 Å². The number of nitrogens with zero attached hydrogens (tertiary/aromatic N) is 1. The molecule has 23 heavy (non-hydrogen) atoms. The molecule has 1 heterocycles. The zero-order chi connectivity index (χ0) is 16.8. The summed E-state index contributed by atoms with van der Waals surface area (Å²) < 4.78 is 19.9. The maximum Gasteiger partial charge on any atom is 0.262 e. The summed E-state index contributed by atoms with van der Waals surface area (Å²) in [6.45, 7) is 3.84. The third kappa shape index (κ3) is 2.82. The van der Waals surface area contributed by atoms with E-state index in [1.165, 1.54) is 12.1 Å². The highest BCUT2D eigenvalue weighted by Gasteiger charge is 2.33. The number of thiocarbonyl (C=S) groups is 1. The van der Waals surface area contributed by atoms with E-state index >= 15 is 0 Å². The van der Waals surface area contributed by atoms with Gasteiger partial charge in [-0.15, -0.1) is 0 Å². The Kier molecular flexibility index (Phi) is 3.86. The van der Waals surface area contributed by atoms with Gasteiger partial charge in [-0.05, 0) is 77.4 Å². The molecular formula is C17H12BrFN2OS. The second-order valence-corrected chi connectivity index (χ2v) is 6.93. The summed E-state index contributed by atoms with van der Waals surface area (Å²) in [6.07, 6.45) is 0. The lowest BCUT2D eigenvalue weighted by Gasteiger charge is -2.35. The predicted octanol–water partition coefficient (Wildman–Crippen LogP) is 5.09. The van der Waals surface area contributed by atoms with Crippen molar-refractivity contribution in [3.63, 3.8) is 0 Å². The standard InChI is InChI=1S/C17H12BrFN2OS/c1-17(2)13-6-9(7-14(18)15(13)21-16(23)22-17)12-4-3-11(19)5-10(12)8-20/h3-7H,1-2H3,(H,21,23). The minimum absolute atomic E-state index is 0.287. The lowest BCUT2D eigenvalue weighted by molar-refractivity contribution is 0.0946. The molecule has 3 nitrogen and oxygen atoms in total. The first-order chi connectivity index (χ1) is 10.8. The number of hydrogen-bond donors (Lipinski definition) is 1. The molecule has 3 rings (SSSR count). The monoisotopic (exact) mass is 390 g/mol. The third-order valence-electron chi connectivity index (χ3n) is 3.73. The van der Waals surface area contributed by atoms with Crippen molar-refractivity contribution in [3.8, 4) is 17.2 Å². The van der Waals surface area contributed by atoms with E-state index in [-0.39, 0.29) is 5.56 Å². The molecule has 0 spiro atoms. The van der Waals surface area contributed by atoms with Crippen molar-refractivity contribution >= 4 is 39.0 Å². The van der Waals surface area contributed by atoms with Crippen LogP contribution < -0.4 is 5.32 Å². The van der Waals surface area contributed by atoms with Crippen molar-refractivity contribution in [2.45, 2.75) is 19.4 Å². The highest BCUT2D eigenvalue weighted by molar-refractivity contribution is 9.10. The van der Waals surface area contributed by atoms with E-state index in [0.717, 1.165) is 21.3 Å². The van der Waals surface area contributed by atoms with Crippen molar-refractivity contribution in [2.75, 3.05) is 5.32 Å². The minimum atomic E-state index is -0.608. The molecule has 0 saturated carbocycles. The van der Waals surface area contributed by atoms with Gasteiger partial charge in [-0.3, -0.25) is 0 Å². The van der Waals surface area contributed by atoms with Crippen LogP contribution in [-0.4, -0.2) is 5.17 Å². The molecule has 0 aromatic heterocycles. The lowest BCUT2D eigenvalue weighted by Crippen LogP contribution is -2.34. The van der Waals surface area contributed by atoms with Crippen LogP contribution in [0, 0.1) is 17.1 Å². The fourth-order valence-corrected chi connectivity index (χ4v) is 3.51. The van der Waals surface area contributed by atoms with E-state index in [4.69, 9.17) is 17.0 Å². The summed E-state index contributed by atoms with van der Waals surface area (Å²) in [5.74, 6) is -0.432. The van der Waals surface area contributed by atoms with Crippen LogP contribution in [0.5, 0.6) is 0 Å². The van der Waals surface area contributed by atoms with Gasteiger partial charge in [0, 0.05) is 10.0 Å². The molecule has 2 aromatic rings. The quantitative estimate of drug-likeness (QED) is 0.688. The van der Waals surface area contributed by atoms with Gasteiger partial charge in [0.05, 0.1) is 17.3 Å². The lowest BCUT2D eigenvalue weighted by atomic mass is 9.90. The molecule has 2 aromatic carbocycles. The number of nitrogens with one attached hydrogen (secondary N) is 1. The Morgan fingerprint density at radius 3 is 2.74 bits per heavy atom. The molecule has 1 aliphatic rings. The van der Waals surface area contributed by atoms with Gasteiger partial charge in [0.2, 0.25) is 0 Å². The van der Waals surface area contributed by atoms with Crippen molar-refractivity contribution < 1.29 is 9.13 Å². The zero-order valence-corrected chi connectivity index (χ0v) is 14.8. The zero-order valence-electron chi connectivity index (χ0n) is 12.4. The highest BCUT2D eigenvalue weighted by Crippen LogP contribution is 2.43. The van der Waals surface area contributed by atoms with E-state index < -0.39 is 11.4 Å². The number of ether oxygens (including phenoxy) is 1. The number of anilines is 1. The summed E-state index contributed by atoms with van der Waals surface area (Å²) in [7, 11) is 0. The number of fused-ring (bicyclic) bond motifs is 1. The maximum atomic E-state index is 13.4. The molecule has 0 saturated heterocycles. The van der Waals surface area contributed by atoms with E-state index in [1.807, 2.05) is 32.0 Å². The topological polar surface area (TPSA) is 45.0 Å². The first kappa shape index (κ1) is 15.9. The molecule has 0 aliphatic carbocycles. The van der Waals surface area contributed by atoms with Crippen LogP contribution in [-0.2, 0) is 10.3 Å². The Morgan fingerprint density at radius 2 is 2.04 bits per heavy atom. The normalized spacial score (nSPS) is 15.2. The molecule has 6 heteroatoms. The van der Waals surface area contributed by atoms with Gasteiger partial charge in [0.15, 0.2) is 0 Å². The molecule has 0 amide bonds. The maximum absolute atomic E-state index is 13.4. The first-order valence-corrected chi connectivity index (χ1v) is 8.06. The number of rotatable bonds is 1. The number of benzene rings is 2. The van der Waals surface area contributed by atoms with Gasteiger partial charge in [-0.2, -0.15) is 5.26 Å². The SMILES string of the molecule is CC1(C)OC(=S)Nc2c(Br)cc(-c3ccc(F)cc3C#N)cc21. The van der Waals surface area contributed by atoms with Crippen molar-refractivity contribution in [1.82, 2.24) is 0 Å². The fraction of sp³-hybridized carbons (Fsp3) is 0.176. The van der Waals surface area contributed by atoms with Crippen molar-refractivity contribution in [2.24, 2.45) is 0 Å². The van der Waals surface area contributed by atoms with E-state index in [2.05, 4.69) is 21.2 Å². The highest BCUT2D eigenvalue weighted by atomic mass is 79.9. The molecule has 0 unspecified atom stereocenters. The Balaban J connectivity index is 2.24. The van der Waals surface area contributed by atoms with Gasteiger partial charge in [0.1, 0.15) is 11.4 Å². The van der Waals surface area contributed by atoms with Gasteiger partial charge < -0.3 is 10.1 Å². The molecular weight excluding hydrogens is 379 g/mol. The Hall–Kier alpha value is -1.97. The third-order valence-corrected chi connectivity index (χ3v) is 4.54. The predicted molar refractivity (Wildman–Crippen MR) is 94.6 cm³/mol. The summed E-state index contributed by atoms with van der Waals surface area (Å²) in [5, 5.41) is 12.6.